The van der Waals surface area contributed by atoms with Crippen molar-refractivity contribution in [2.75, 3.05) is 0 Å². The van der Waals surface area contributed by atoms with Gasteiger partial charge in [0.05, 0.1) is 43.6 Å². The van der Waals surface area contributed by atoms with Crippen LogP contribution in [0, 0.1) is 67.2 Å². The quantitative estimate of drug-likeness (QED) is 0.109. The van der Waals surface area contributed by atoms with Crippen LogP contribution in [0.1, 0.15) is 184 Å². The van der Waals surface area contributed by atoms with Gasteiger partial charge >= 0.3 is 0 Å². The van der Waals surface area contributed by atoms with Gasteiger partial charge < -0.3 is 0 Å². The van der Waals surface area contributed by atoms with Gasteiger partial charge in [-0.05, 0) is 280 Å². The van der Waals surface area contributed by atoms with Crippen molar-refractivity contribution < 1.29 is 22.8 Å². The highest BCUT2D eigenvalue weighted by atomic mass is 14.9. The highest BCUT2D eigenvalue weighted by Crippen LogP contribution is 2.51. The molecule has 0 amide bonds. The third-order valence-electron chi connectivity index (χ3n) is 25.8. The van der Waals surface area contributed by atoms with Crippen LogP contribution in [-0.4, -0.2) is 0 Å². The molecule has 1 aliphatic rings. The highest BCUT2D eigenvalue weighted by Gasteiger charge is 2.37. The molecular formula is C118H130N5+5. The smallest absolute Gasteiger partial charge is 0.200 e. The number of rotatable bonds is 12. The summed E-state index contributed by atoms with van der Waals surface area (Å²) in [6.45, 7) is 44.9. The van der Waals surface area contributed by atoms with Gasteiger partial charge in [-0.15, -0.1) is 0 Å². The van der Waals surface area contributed by atoms with Crippen molar-refractivity contribution in [2.45, 2.75) is 174 Å². The molecule has 622 valence electrons. The lowest BCUT2D eigenvalue weighted by atomic mass is 9.81. The van der Waals surface area contributed by atoms with E-state index in [4.69, 9.17) is 0 Å². The molecule has 17 aromatic rings. The molecule has 18 rings (SSSR count). The second-order valence-electron chi connectivity index (χ2n) is 37.7. The summed E-state index contributed by atoms with van der Waals surface area (Å²) >= 11 is 0. The molecule has 5 heterocycles. The molecule has 123 heavy (non-hydrogen) atoms. The van der Waals surface area contributed by atoms with Crippen molar-refractivity contribution in [1.29, 1.82) is 0 Å². The number of fused-ring (bicyclic) bond motifs is 9. The van der Waals surface area contributed by atoms with Crippen molar-refractivity contribution in [3.63, 3.8) is 0 Å². The van der Waals surface area contributed by atoms with Gasteiger partial charge in [0.25, 0.3) is 0 Å². The topological polar surface area (TPSA) is 19.4 Å². The Kier molecular flexibility index (Phi) is 25.9. The maximum Gasteiger partial charge on any atom is 0.220 e. The number of nitrogens with zero attached hydrogens (tertiary/aromatic N) is 5. The highest BCUT2D eigenvalue weighted by molar-refractivity contribution is 6.00. The molecule has 5 heteroatoms. The maximum atomic E-state index is 2.45. The first-order valence-electron chi connectivity index (χ1n) is 44.8. The minimum absolute atomic E-state index is 0.0162. The molecule has 0 saturated carbocycles. The van der Waals surface area contributed by atoms with Crippen LogP contribution >= 0.6 is 0 Å². The van der Waals surface area contributed by atoms with Crippen molar-refractivity contribution in [3.05, 3.63) is 363 Å². The normalized spacial score (nSPS) is 12.1. The van der Waals surface area contributed by atoms with E-state index in [2.05, 4.69) is 476 Å². The van der Waals surface area contributed by atoms with E-state index in [1.165, 1.54) is 216 Å². The number of benzene rings is 12. The molecule has 5 aromatic heterocycles. The number of hydrogen-bond donors (Lipinski definition) is 0. The Hall–Kier alpha value is -12.1. The van der Waals surface area contributed by atoms with E-state index >= 15 is 0 Å². The average Bonchev–Trinajstić information content (AvgIpc) is 1.57. The SMILES string of the molecule is Cc1cc(C)c(C)c(-c2c3ccc(C(C)C)cc3cc[n+]2C)c1.Cc1cc2c(cc1-c1c3ccc(C(C)C)cc3cc[n+]1C)C(C)(C)c1ccccc1-2.Cc1cc2ccccc2cc1-c1c2ccc(C(C)C)cc2cc[n+]1C.Cc1ccc(C)c(-c2c3ccc(CC(C)C)cc3cc[n+]2C)c1.Cc1ccccc1-c1c2ccc(CC(C)C)cc2cc[n+]1C. The fourth-order valence-electron chi connectivity index (χ4n) is 18.8. The van der Waals surface area contributed by atoms with E-state index in [1.54, 1.807) is 0 Å². The number of aromatic nitrogens is 5. The first-order valence-corrected chi connectivity index (χ1v) is 44.8. The van der Waals surface area contributed by atoms with Gasteiger partial charge in [0, 0.05) is 46.9 Å². The van der Waals surface area contributed by atoms with Crippen molar-refractivity contribution >= 4 is 64.6 Å². The predicted octanol–water partition coefficient (Wildman–Crippen LogP) is 28.4. The second kappa shape index (κ2) is 36.6. The molecule has 0 saturated heterocycles. The Morgan fingerprint density at radius 3 is 1.05 bits per heavy atom. The van der Waals surface area contributed by atoms with E-state index in [0.29, 0.717) is 29.6 Å². The summed E-state index contributed by atoms with van der Waals surface area (Å²) in [6, 6.07) is 92.6. The van der Waals surface area contributed by atoms with Crippen LogP contribution in [0.2, 0.25) is 0 Å². The summed E-state index contributed by atoms with van der Waals surface area (Å²) in [5.41, 5.74) is 36.4. The van der Waals surface area contributed by atoms with Gasteiger partial charge in [-0.3, -0.25) is 0 Å². The van der Waals surface area contributed by atoms with Crippen molar-refractivity contribution in [1.82, 2.24) is 0 Å². The van der Waals surface area contributed by atoms with E-state index in [-0.39, 0.29) is 5.41 Å². The van der Waals surface area contributed by atoms with E-state index < -0.39 is 0 Å². The summed E-state index contributed by atoms with van der Waals surface area (Å²) < 4.78 is 11.2. The maximum absolute atomic E-state index is 2.45. The lowest BCUT2D eigenvalue weighted by Crippen LogP contribution is -2.31. The van der Waals surface area contributed by atoms with Gasteiger partial charge in [0.15, 0.2) is 31.0 Å². The van der Waals surface area contributed by atoms with Crippen LogP contribution in [0.15, 0.2) is 280 Å². The predicted molar refractivity (Wildman–Crippen MR) is 525 cm³/mol. The molecular weight excluding hydrogens is 1490 g/mol. The Morgan fingerprint density at radius 2 is 0.602 bits per heavy atom. The molecule has 0 spiro atoms. The number of pyridine rings is 5. The van der Waals surface area contributed by atoms with Crippen LogP contribution in [0.3, 0.4) is 0 Å². The fraction of sp³-hybridized carbons (Fsp3) is 0.280. The molecule has 0 atom stereocenters. The summed E-state index contributed by atoms with van der Waals surface area (Å²) in [5, 5.41) is 15.8. The van der Waals surface area contributed by atoms with Crippen LogP contribution in [-0.2, 0) is 53.5 Å². The zero-order valence-electron chi connectivity index (χ0n) is 78.1. The second-order valence-corrected chi connectivity index (χ2v) is 37.7. The van der Waals surface area contributed by atoms with Gasteiger partial charge in [0.1, 0.15) is 35.2 Å². The minimum atomic E-state index is 0.0162. The molecule has 0 unspecified atom stereocenters. The summed E-state index contributed by atoms with van der Waals surface area (Å²) in [7, 11) is 10.7. The Bertz CT molecular complexity index is 6860. The molecule has 0 radical (unpaired) electrons. The Morgan fingerprint density at radius 1 is 0.244 bits per heavy atom. The monoisotopic (exact) mass is 1620 g/mol. The van der Waals surface area contributed by atoms with Crippen LogP contribution in [0.4, 0.5) is 0 Å². The third kappa shape index (κ3) is 18.4. The molecule has 0 fully saturated rings. The van der Waals surface area contributed by atoms with Gasteiger partial charge in [-0.2, -0.15) is 0 Å². The zero-order chi connectivity index (χ0) is 87.7. The van der Waals surface area contributed by atoms with E-state index in [1.807, 2.05) is 0 Å². The number of hydrogen-bond acceptors (Lipinski definition) is 0. The summed E-state index contributed by atoms with van der Waals surface area (Å²) in [6.07, 6.45) is 13.2. The minimum Gasteiger partial charge on any atom is -0.200 e. The largest absolute Gasteiger partial charge is 0.220 e. The standard InChI is InChI=1S/C29H30N.C24H24N.2C22H26N.C21H24N/c1-18(2)20-11-12-22-21(16-20)13-14-30(6)28(22)24-17-27-25(15-19(24)3)23-9-7-8-10-26(23)29(27,4)5;1-16(2)18-9-10-22-21(14-18)11-12-25(4)24(22)23-15-20-8-6-5-7-19(20)13-17(23)3;1-14(2)18-7-8-20-19(13-18)9-10-23(6)22(20)21-12-15(3)11-16(4)17(21)5;1-15(2)12-18-8-9-20-19(14-18)10-11-23(5)22(20)21-13-16(3)6-7-17(21)4;1-15(2)13-17-9-10-20-18(14-17)11-12-22(4)21(20)19-8-6-5-7-16(19)3/h7-18H,1-6H3;5-16H,1-4H3;7-14H,1-6H3;6-11,13-15H,12H2,1-5H3;5-12,14-15H,13H2,1-4H3/q5*+1. The molecule has 0 aliphatic heterocycles. The molecule has 1 aliphatic carbocycles. The van der Waals surface area contributed by atoms with Crippen LogP contribution in [0.25, 0.3) is 132 Å². The zero-order valence-corrected chi connectivity index (χ0v) is 78.1. The number of aryl methyl sites for hydroxylation is 12. The molecule has 5 nitrogen and oxygen atoms in total. The average molecular weight is 1620 g/mol. The first kappa shape index (κ1) is 87.3. The molecule has 12 aromatic carbocycles. The van der Waals surface area contributed by atoms with Gasteiger partial charge in [-0.25, -0.2) is 22.8 Å². The molecule has 0 bridgehead atoms. The van der Waals surface area contributed by atoms with Crippen LogP contribution in [0.5, 0.6) is 0 Å². The van der Waals surface area contributed by atoms with Crippen molar-refractivity contribution in [3.8, 4) is 67.4 Å². The summed E-state index contributed by atoms with van der Waals surface area (Å²) in [4.78, 5) is 0. The Balaban J connectivity index is 0.000000126. The van der Waals surface area contributed by atoms with Gasteiger partial charge in [0.2, 0.25) is 28.5 Å². The van der Waals surface area contributed by atoms with Crippen molar-refractivity contribution in [2.24, 2.45) is 47.1 Å². The fourth-order valence-corrected chi connectivity index (χ4v) is 18.8. The summed E-state index contributed by atoms with van der Waals surface area (Å²) in [5.74, 6) is 3.01. The van der Waals surface area contributed by atoms with E-state index in [9.17, 15) is 0 Å². The third-order valence-corrected chi connectivity index (χ3v) is 25.8. The van der Waals surface area contributed by atoms with Gasteiger partial charge in [-0.1, -0.05) is 252 Å². The first-order chi connectivity index (χ1) is 58.7. The lowest BCUT2D eigenvalue weighted by molar-refractivity contribution is -0.659. The van der Waals surface area contributed by atoms with E-state index in [0.717, 1.165) is 12.8 Å². The lowest BCUT2D eigenvalue weighted by Gasteiger charge is -2.22. The molecule has 0 N–H and O–H groups in total. The van der Waals surface area contributed by atoms with Crippen LogP contribution < -0.4 is 22.8 Å². The Labute approximate surface area is 734 Å².